The van der Waals surface area contributed by atoms with Crippen LogP contribution in [0.1, 0.15) is 28.5 Å². The van der Waals surface area contributed by atoms with E-state index in [-0.39, 0.29) is 17.8 Å². The summed E-state index contributed by atoms with van der Waals surface area (Å²) >= 11 is 1.66. The van der Waals surface area contributed by atoms with Crippen LogP contribution in [-0.2, 0) is 17.6 Å². The summed E-state index contributed by atoms with van der Waals surface area (Å²) < 4.78 is 18.4. The zero-order valence-electron chi connectivity index (χ0n) is 15.2. The summed E-state index contributed by atoms with van der Waals surface area (Å²) in [5, 5.41) is 5.14. The molecule has 1 aromatic heterocycles. The Labute approximate surface area is 162 Å². The van der Waals surface area contributed by atoms with E-state index in [4.69, 9.17) is 4.74 Å². The minimum Gasteiger partial charge on any atom is -0.497 e. The number of thiophene rings is 1. The van der Waals surface area contributed by atoms with Gasteiger partial charge >= 0.3 is 0 Å². The Hall–Kier alpha value is -2.66. The Morgan fingerprint density at radius 1 is 1.11 bits per heavy atom. The summed E-state index contributed by atoms with van der Waals surface area (Å²) in [4.78, 5) is 13.7. The van der Waals surface area contributed by atoms with E-state index in [1.165, 1.54) is 17.0 Å². The van der Waals surface area contributed by atoms with Crippen LogP contribution in [0.25, 0.3) is 0 Å². The number of carbonyl (C=O) groups excluding carboxylic acids is 1. The molecule has 0 aliphatic carbocycles. The zero-order valence-corrected chi connectivity index (χ0v) is 16.0. The largest absolute Gasteiger partial charge is 0.497 e. The van der Waals surface area contributed by atoms with Gasteiger partial charge in [-0.3, -0.25) is 4.79 Å². The molecule has 5 heteroatoms. The normalized spacial score (nSPS) is 11.8. The maximum atomic E-state index is 13.2. The molecule has 0 spiro atoms. The highest BCUT2D eigenvalue weighted by Crippen LogP contribution is 2.22. The highest BCUT2D eigenvalue weighted by Gasteiger charge is 2.16. The molecule has 3 rings (SSSR count). The number of rotatable bonds is 8. The Balaban J connectivity index is 1.71. The molecule has 0 aliphatic rings. The van der Waals surface area contributed by atoms with Gasteiger partial charge in [0.1, 0.15) is 11.6 Å². The second-order valence-electron chi connectivity index (χ2n) is 6.30. The molecule has 3 aromatic rings. The monoisotopic (exact) mass is 383 g/mol. The van der Waals surface area contributed by atoms with E-state index < -0.39 is 0 Å². The van der Waals surface area contributed by atoms with Crippen LogP contribution in [0, 0.1) is 5.82 Å². The molecule has 1 unspecified atom stereocenters. The molecule has 140 valence electrons. The van der Waals surface area contributed by atoms with Crippen molar-refractivity contribution < 1.29 is 13.9 Å². The van der Waals surface area contributed by atoms with Crippen LogP contribution in [0.2, 0.25) is 0 Å². The minimum atomic E-state index is -0.264. The van der Waals surface area contributed by atoms with Crippen molar-refractivity contribution in [1.29, 1.82) is 0 Å². The maximum Gasteiger partial charge on any atom is 0.220 e. The van der Waals surface area contributed by atoms with Gasteiger partial charge in [0, 0.05) is 11.3 Å². The first-order chi connectivity index (χ1) is 13.1. The molecule has 0 bridgehead atoms. The lowest BCUT2D eigenvalue weighted by molar-refractivity contribution is -0.121. The number of halogens is 1. The van der Waals surface area contributed by atoms with Crippen molar-refractivity contribution in [2.45, 2.75) is 25.3 Å². The van der Waals surface area contributed by atoms with Crippen molar-refractivity contribution in [1.82, 2.24) is 5.32 Å². The van der Waals surface area contributed by atoms with Gasteiger partial charge in [-0.1, -0.05) is 30.3 Å². The van der Waals surface area contributed by atoms with Crippen LogP contribution < -0.4 is 10.1 Å². The third-order valence-electron chi connectivity index (χ3n) is 4.39. The summed E-state index contributed by atoms with van der Waals surface area (Å²) in [6, 6.07) is 17.9. The standard InChI is InChI=1S/C22H22FNO2S/c1-26-19-10-6-17(7-11-19)21(15-16-4-8-18(23)9-5-16)24-22(25)13-12-20-3-2-14-27-20/h2-11,14,21H,12-13,15H2,1H3,(H,24,25). The Morgan fingerprint density at radius 2 is 1.85 bits per heavy atom. The third-order valence-corrected chi connectivity index (χ3v) is 5.32. The van der Waals surface area contributed by atoms with Gasteiger partial charge in [-0.05, 0) is 59.7 Å². The molecule has 1 amide bonds. The first-order valence-corrected chi connectivity index (χ1v) is 9.72. The van der Waals surface area contributed by atoms with Crippen LogP contribution >= 0.6 is 11.3 Å². The predicted octanol–water partition coefficient (Wildman–Crippen LogP) is 4.93. The summed E-state index contributed by atoms with van der Waals surface area (Å²) in [7, 11) is 1.62. The second kappa shape index (κ2) is 9.33. The van der Waals surface area contributed by atoms with E-state index in [0.29, 0.717) is 12.8 Å². The SMILES string of the molecule is COc1ccc(C(Cc2ccc(F)cc2)NC(=O)CCc2cccs2)cc1. The van der Waals surface area contributed by atoms with E-state index in [1.54, 1.807) is 30.6 Å². The minimum absolute atomic E-state index is 0.00586. The van der Waals surface area contributed by atoms with Crippen LogP contribution in [0.5, 0.6) is 5.75 Å². The molecule has 3 nitrogen and oxygen atoms in total. The fourth-order valence-corrected chi connectivity index (χ4v) is 3.61. The van der Waals surface area contributed by atoms with Gasteiger partial charge in [0.15, 0.2) is 0 Å². The van der Waals surface area contributed by atoms with Crippen molar-refractivity contribution in [2.75, 3.05) is 7.11 Å². The molecule has 0 saturated carbocycles. The average Bonchev–Trinajstić information content (AvgIpc) is 3.21. The number of carbonyl (C=O) groups is 1. The number of benzene rings is 2. The molecular weight excluding hydrogens is 361 g/mol. The van der Waals surface area contributed by atoms with Crippen LogP contribution in [-0.4, -0.2) is 13.0 Å². The van der Waals surface area contributed by atoms with E-state index in [0.717, 1.165) is 23.3 Å². The fourth-order valence-electron chi connectivity index (χ4n) is 2.90. The molecule has 0 aliphatic heterocycles. The number of ether oxygens (including phenoxy) is 1. The number of methoxy groups -OCH3 is 1. The Kier molecular flexibility index (Phi) is 6.60. The zero-order chi connectivity index (χ0) is 19.1. The molecule has 1 heterocycles. The van der Waals surface area contributed by atoms with Gasteiger partial charge in [0.2, 0.25) is 5.91 Å². The highest BCUT2D eigenvalue weighted by molar-refractivity contribution is 7.09. The number of nitrogens with one attached hydrogen (secondary N) is 1. The molecule has 0 saturated heterocycles. The second-order valence-corrected chi connectivity index (χ2v) is 7.34. The van der Waals surface area contributed by atoms with Crippen molar-refractivity contribution in [3.63, 3.8) is 0 Å². The smallest absolute Gasteiger partial charge is 0.220 e. The van der Waals surface area contributed by atoms with Crippen LogP contribution in [0.3, 0.4) is 0 Å². The Morgan fingerprint density at radius 3 is 2.48 bits per heavy atom. The molecule has 0 fully saturated rings. The predicted molar refractivity (Wildman–Crippen MR) is 107 cm³/mol. The third kappa shape index (κ3) is 5.66. The molecule has 27 heavy (non-hydrogen) atoms. The van der Waals surface area contributed by atoms with Crippen molar-refractivity contribution >= 4 is 17.2 Å². The van der Waals surface area contributed by atoms with Crippen LogP contribution in [0.15, 0.2) is 66.0 Å². The van der Waals surface area contributed by atoms with E-state index in [9.17, 15) is 9.18 Å². The lowest BCUT2D eigenvalue weighted by atomic mass is 9.98. The maximum absolute atomic E-state index is 13.2. The summed E-state index contributed by atoms with van der Waals surface area (Å²) in [5.74, 6) is 0.509. The van der Waals surface area contributed by atoms with E-state index in [2.05, 4.69) is 5.32 Å². The summed E-state index contributed by atoms with van der Waals surface area (Å²) in [5.41, 5.74) is 1.96. The average molecular weight is 383 g/mol. The van der Waals surface area contributed by atoms with Gasteiger partial charge in [0.05, 0.1) is 13.2 Å². The molecule has 0 radical (unpaired) electrons. The van der Waals surface area contributed by atoms with Gasteiger partial charge < -0.3 is 10.1 Å². The molecular formula is C22H22FNO2S. The quantitative estimate of drug-likeness (QED) is 0.599. The van der Waals surface area contributed by atoms with Crippen molar-refractivity contribution in [2.24, 2.45) is 0 Å². The number of aryl methyl sites for hydroxylation is 1. The Bertz CT molecular complexity index is 845. The van der Waals surface area contributed by atoms with Crippen molar-refractivity contribution in [3.05, 3.63) is 87.9 Å². The molecule has 1 N–H and O–H groups in total. The van der Waals surface area contributed by atoms with Gasteiger partial charge in [-0.15, -0.1) is 11.3 Å². The lowest BCUT2D eigenvalue weighted by Crippen LogP contribution is -2.30. The number of hydrogen-bond acceptors (Lipinski definition) is 3. The molecule has 1 atom stereocenters. The number of amides is 1. The van der Waals surface area contributed by atoms with Gasteiger partial charge in [-0.25, -0.2) is 4.39 Å². The lowest BCUT2D eigenvalue weighted by Gasteiger charge is -2.20. The summed E-state index contributed by atoms with van der Waals surface area (Å²) in [6.07, 6.45) is 1.77. The summed E-state index contributed by atoms with van der Waals surface area (Å²) in [6.45, 7) is 0. The topological polar surface area (TPSA) is 38.3 Å². The fraction of sp³-hybridized carbons (Fsp3) is 0.227. The van der Waals surface area contributed by atoms with E-state index >= 15 is 0 Å². The van der Waals surface area contributed by atoms with E-state index in [1.807, 2.05) is 41.8 Å². The number of hydrogen-bond donors (Lipinski definition) is 1. The van der Waals surface area contributed by atoms with Gasteiger partial charge in [-0.2, -0.15) is 0 Å². The van der Waals surface area contributed by atoms with Crippen LogP contribution in [0.4, 0.5) is 4.39 Å². The molecule has 2 aromatic carbocycles. The highest BCUT2D eigenvalue weighted by atomic mass is 32.1. The first-order valence-electron chi connectivity index (χ1n) is 8.84. The van der Waals surface area contributed by atoms with Gasteiger partial charge in [0.25, 0.3) is 0 Å². The van der Waals surface area contributed by atoms with Crippen molar-refractivity contribution in [3.8, 4) is 5.75 Å². The first kappa shape index (κ1) is 19.1.